The van der Waals surface area contributed by atoms with E-state index in [-0.39, 0.29) is 0 Å². The van der Waals surface area contributed by atoms with Gasteiger partial charge in [-0.1, -0.05) is 25.7 Å². The van der Waals surface area contributed by atoms with E-state index in [1.807, 2.05) is 0 Å². The van der Waals surface area contributed by atoms with Crippen LogP contribution in [-0.4, -0.2) is 55.1 Å². The van der Waals surface area contributed by atoms with Crippen molar-refractivity contribution in [2.24, 2.45) is 5.92 Å². The van der Waals surface area contributed by atoms with Crippen LogP contribution in [0.3, 0.4) is 0 Å². The zero-order chi connectivity index (χ0) is 15.1. The van der Waals surface area contributed by atoms with Crippen LogP contribution in [-0.2, 0) is 0 Å². The van der Waals surface area contributed by atoms with Gasteiger partial charge in [0.25, 0.3) is 0 Å². The Balaban J connectivity index is 1.74. The van der Waals surface area contributed by atoms with Crippen LogP contribution in [0.2, 0.25) is 0 Å². The number of nitrogens with one attached hydrogen (secondary N) is 2. The first-order chi connectivity index (χ1) is 10.2. The maximum Gasteiger partial charge on any atom is 0.0601 e. The molecular formula is C17H30ClN3. The molecule has 1 saturated carbocycles. The lowest BCUT2D eigenvalue weighted by Crippen LogP contribution is -2.56. The Labute approximate surface area is 135 Å². The highest BCUT2D eigenvalue weighted by atomic mass is 35.5. The highest BCUT2D eigenvalue weighted by Gasteiger charge is 2.36. The van der Waals surface area contributed by atoms with Crippen molar-refractivity contribution in [3.63, 3.8) is 0 Å². The SMILES string of the molecule is CCN(CC)CC#CCNC1CCNC2CC(Cl)CCC12. The van der Waals surface area contributed by atoms with E-state index in [2.05, 4.69) is 41.2 Å². The van der Waals surface area contributed by atoms with Gasteiger partial charge < -0.3 is 10.6 Å². The van der Waals surface area contributed by atoms with Gasteiger partial charge in [-0.05, 0) is 51.2 Å². The second kappa shape index (κ2) is 9.00. The van der Waals surface area contributed by atoms with Crippen molar-refractivity contribution in [2.75, 3.05) is 32.7 Å². The van der Waals surface area contributed by atoms with E-state index in [0.717, 1.165) is 51.5 Å². The molecule has 0 amide bonds. The standard InChI is InChI=1S/C17H30ClN3/c1-3-21(4-2)12-6-5-10-19-16-9-11-20-17-13-14(18)7-8-15(16)17/h14-17,19-20H,3-4,7-13H2,1-2H3. The van der Waals surface area contributed by atoms with E-state index in [0.29, 0.717) is 17.5 Å². The van der Waals surface area contributed by atoms with Crippen LogP contribution in [0.25, 0.3) is 0 Å². The van der Waals surface area contributed by atoms with Crippen molar-refractivity contribution in [2.45, 2.75) is 57.0 Å². The van der Waals surface area contributed by atoms with E-state index in [9.17, 15) is 0 Å². The van der Waals surface area contributed by atoms with Crippen LogP contribution in [0, 0.1) is 17.8 Å². The highest BCUT2D eigenvalue weighted by molar-refractivity contribution is 6.20. The third kappa shape index (κ3) is 5.14. The second-order valence-corrected chi connectivity index (χ2v) is 6.84. The normalized spacial score (nSPS) is 32.4. The first-order valence-electron chi connectivity index (χ1n) is 8.53. The van der Waals surface area contributed by atoms with Crippen molar-refractivity contribution in [1.29, 1.82) is 0 Å². The topological polar surface area (TPSA) is 27.3 Å². The molecule has 0 aromatic heterocycles. The summed E-state index contributed by atoms with van der Waals surface area (Å²) in [6.07, 6.45) is 4.75. The van der Waals surface area contributed by atoms with Crippen molar-refractivity contribution in [3.05, 3.63) is 0 Å². The molecule has 4 heteroatoms. The summed E-state index contributed by atoms with van der Waals surface area (Å²) in [5.74, 6) is 7.30. The molecule has 1 aliphatic carbocycles. The van der Waals surface area contributed by atoms with Gasteiger partial charge in [0.1, 0.15) is 0 Å². The molecule has 4 atom stereocenters. The number of hydrogen-bond donors (Lipinski definition) is 2. The van der Waals surface area contributed by atoms with Crippen molar-refractivity contribution >= 4 is 11.6 Å². The highest BCUT2D eigenvalue weighted by Crippen LogP contribution is 2.33. The predicted octanol–water partition coefficient (Wildman–Crippen LogP) is 2.06. The van der Waals surface area contributed by atoms with Gasteiger partial charge in [-0.15, -0.1) is 11.6 Å². The lowest BCUT2D eigenvalue weighted by atomic mass is 9.76. The molecule has 2 fully saturated rings. The lowest BCUT2D eigenvalue weighted by Gasteiger charge is -2.43. The summed E-state index contributed by atoms with van der Waals surface area (Å²) >= 11 is 6.30. The zero-order valence-corrected chi connectivity index (χ0v) is 14.3. The summed E-state index contributed by atoms with van der Waals surface area (Å²) in [6.45, 7) is 9.35. The molecule has 21 heavy (non-hydrogen) atoms. The average Bonchev–Trinajstić information content (AvgIpc) is 2.50. The van der Waals surface area contributed by atoms with Crippen molar-refractivity contribution in [1.82, 2.24) is 15.5 Å². The molecule has 0 bridgehead atoms. The van der Waals surface area contributed by atoms with Crippen LogP contribution in [0.1, 0.15) is 39.5 Å². The molecular weight excluding hydrogens is 282 g/mol. The van der Waals surface area contributed by atoms with E-state index in [1.54, 1.807) is 0 Å². The summed E-state index contributed by atoms with van der Waals surface area (Å²) in [6, 6.07) is 1.22. The van der Waals surface area contributed by atoms with Crippen molar-refractivity contribution < 1.29 is 0 Å². The molecule has 120 valence electrons. The summed E-state index contributed by atoms with van der Waals surface area (Å²) in [4.78, 5) is 2.34. The number of rotatable bonds is 5. The van der Waals surface area contributed by atoms with Gasteiger partial charge in [0.05, 0.1) is 13.1 Å². The Morgan fingerprint density at radius 2 is 2.00 bits per heavy atom. The summed E-state index contributed by atoms with van der Waals surface area (Å²) in [7, 11) is 0. The minimum absolute atomic E-state index is 0.367. The molecule has 0 aromatic rings. The molecule has 1 aliphatic heterocycles. The van der Waals surface area contributed by atoms with E-state index in [1.165, 1.54) is 12.8 Å². The molecule has 1 saturated heterocycles. The number of piperidine rings is 1. The third-order valence-electron chi connectivity index (χ3n) is 4.99. The molecule has 4 unspecified atom stereocenters. The Kier molecular flexibility index (Phi) is 7.33. The maximum absolute atomic E-state index is 6.30. The summed E-state index contributed by atoms with van der Waals surface area (Å²) in [5, 5.41) is 7.68. The first kappa shape index (κ1) is 17.1. The number of hydrogen-bond acceptors (Lipinski definition) is 3. The predicted molar refractivity (Wildman–Crippen MR) is 90.7 cm³/mol. The monoisotopic (exact) mass is 311 g/mol. The Morgan fingerprint density at radius 3 is 2.76 bits per heavy atom. The largest absolute Gasteiger partial charge is 0.314 e. The number of nitrogens with zero attached hydrogens (tertiary/aromatic N) is 1. The smallest absolute Gasteiger partial charge is 0.0601 e. The maximum atomic E-state index is 6.30. The van der Waals surface area contributed by atoms with Gasteiger partial charge in [-0.25, -0.2) is 0 Å². The molecule has 2 rings (SSSR count). The molecule has 0 radical (unpaired) electrons. The molecule has 0 spiro atoms. The number of fused-ring (bicyclic) bond motifs is 1. The third-order valence-corrected chi connectivity index (χ3v) is 5.39. The fraction of sp³-hybridized carbons (Fsp3) is 0.882. The second-order valence-electron chi connectivity index (χ2n) is 6.23. The van der Waals surface area contributed by atoms with Gasteiger partial charge in [0.15, 0.2) is 0 Å². The fourth-order valence-corrected chi connectivity index (χ4v) is 3.93. The van der Waals surface area contributed by atoms with Crippen LogP contribution in [0.4, 0.5) is 0 Å². The molecule has 1 heterocycles. The summed E-state index contributed by atoms with van der Waals surface area (Å²) < 4.78 is 0. The Morgan fingerprint density at radius 1 is 1.19 bits per heavy atom. The lowest BCUT2D eigenvalue weighted by molar-refractivity contribution is 0.166. The van der Waals surface area contributed by atoms with Crippen LogP contribution >= 0.6 is 11.6 Å². The Hall–Kier alpha value is -0.270. The Bertz CT molecular complexity index is 359. The average molecular weight is 312 g/mol. The van der Waals surface area contributed by atoms with Crippen LogP contribution < -0.4 is 10.6 Å². The quantitative estimate of drug-likeness (QED) is 0.601. The van der Waals surface area contributed by atoms with E-state index in [4.69, 9.17) is 11.6 Å². The fourth-order valence-electron chi connectivity index (χ4n) is 3.61. The van der Waals surface area contributed by atoms with Gasteiger partial charge in [0, 0.05) is 17.5 Å². The zero-order valence-electron chi connectivity index (χ0n) is 13.5. The molecule has 3 nitrogen and oxygen atoms in total. The summed E-state index contributed by atoms with van der Waals surface area (Å²) in [5.41, 5.74) is 0. The van der Waals surface area contributed by atoms with Gasteiger partial charge in [-0.2, -0.15) is 0 Å². The minimum atomic E-state index is 0.367. The number of halogens is 1. The first-order valence-corrected chi connectivity index (χ1v) is 8.97. The minimum Gasteiger partial charge on any atom is -0.314 e. The van der Waals surface area contributed by atoms with Crippen LogP contribution in [0.5, 0.6) is 0 Å². The van der Waals surface area contributed by atoms with Gasteiger partial charge in [-0.3, -0.25) is 4.90 Å². The molecule has 2 aliphatic rings. The van der Waals surface area contributed by atoms with Gasteiger partial charge >= 0.3 is 0 Å². The molecule has 0 aromatic carbocycles. The number of alkyl halides is 1. The van der Waals surface area contributed by atoms with E-state index >= 15 is 0 Å². The van der Waals surface area contributed by atoms with Crippen LogP contribution in [0.15, 0.2) is 0 Å². The van der Waals surface area contributed by atoms with E-state index < -0.39 is 0 Å². The van der Waals surface area contributed by atoms with Crippen molar-refractivity contribution in [3.8, 4) is 11.8 Å². The van der Waals surface area contributed by atoms with Gasteiger partial charge in [0.2, 0.25) is 0 Å². The molecule has 2 N–H and O–H groups in total.